The summed E-state index contributed by atoms with van der Waals surface area (Å²) in [4.78, 5) is 9.75. The Labute approximate surface area is 126 Å². The van der Waals surface area contributed by atoms with Crippen LogP contribution in [0.5, 0.6) is 0 Å². The normalized spacial score (nSPS) is 16.7. The number of rotatable bonds is 3. The molecule has 5 nitrogen and oxygen atoms in total. The van der Waals surface area contributed by atoms with Gasteiger partial charge in [0.25, 0.3) is 0 Å². The predicted octanol–water partition coefficient (Wildman–Crippen LogP) is 2.92. The van der Waals surface area contributed by atoms with E-state index in [4.69, 9.17) is 0 Å². The van der Waals surface area contributed by atoms with Gasteiger partial charge in [-0.2, -0.15) is 5.10 Å². The van der Waals surface area contributed by atoms with Gasteiger partial charge in [-0.15, -0.1) is 11.8 Å². The van der Waals surface area contributed by atoms with Crippen molar-refractivity contribution in [2.24, 2.45) is 0 Å². The maximum Gasteiger partial charge on any atom is 0.178 e. The smallest absolute Gasteiger partial charge is 0.178 e. The Bertz CT molecular complexity index is 756. The average Bonchev–Trinajstić information content (AvgIpc) is 3.18. The number of nitrogens with one attached hydrogen (secondary N) is 1. The van der Waals surface area contributed by atoms with Crippen LogP contribution in [-0.2, 0) is 0 Å². The van der Waals surface area contributed by atoms with Gasteiger partial charge in [0.1, 0.15) is 12.7 Å². The Hall–Kier alpha value is -2.34. The molecule has 1 aliphatic heterocycles. The molecule has 0 saturated carbocycles. The van der Waals surface area contributed by atoms with E-state index in [2.05, 4.69) is 44.6 Å². The van der Waals surface area contributed by atoms with Crippen molar-refractivity contribution in [3.8, 4) is 5.82 Å². The number of benzene rings is 1. The third-order valence-electron chi connectivity index (χ3n) is 3.45. The van der Waals surface area contributed by atoms with E-state index in [0.29, 0.717) is 0 Å². The fraction of sp³-hybridized carbons (Fsp3) is 0.133. The monoisotopic (exact) mass is 295 g/mol. The Morgan fingerprint density at radius 2 is 2.14 bits per heavy atom. The van der Waals surface area contributed by atoms with Gasteiger partial charge in [-0.05, 0) is 23.8 Å². The zero-order valence-corrected chi connectivity index (χ0v) is 12.0. The lowest BCUT2D eigenvalue weighted by Crippen LogP contribution is -2.13. The molecule has 3 heterocycles. The van der Waals surface area contributed by atoms with Gasteiger partial charge in [-0.1, -0.05) is 18.2 Å². The summed E-state index contributed by atoms with van der Waals surface area (Å²) in [5.41, 5.74) is 2.31. The summed E-state index contributed by atoms with van der Waals surface area (Å²) < 4.78 is 1.68. The van der Waals surface area contributed by atoms with E-state index in [9.17, 15) is 0 Å². The van der Waals surface area contributed by atoms with Crippen molar-refractivity contribution in [2.45, 2.75) is 10.9 Å². The average molecular weight is 295 g/mol. The van der Waals surface area contributed by atoms with Crippen LogP contribution in [0.25, 0.3) is 5.82 Å². The molecule has 1 atom stereocenters. The Morgan fingerprint density at radius 3 is 3.05 bits per heavy atom. The minimum absolute atomic E-state index is 0.290. The van der Waals surface area contributed by atoms with Crippen molar-refractivity contribution < 1.29 is 0 Å². The van der Waals surface area contributed by atoms with E-state index in [1.165, 1.54) is 16.8 Å². The van der Waals surface area contributed by atoms with Crippen LogP contribution in [0, 0.1) is 0 Å². The van der Waals surface area contributed by atoms with Crippen molar-refractivity contribution in [1.82, 2.24) is 19.7 Å². The first kappa shape index (κ1) is 12.4. The van der Waals surface area contributed by atoms with Crippen LogP contribution in [0.3, 0.4) is 0 Å². The van der Waals surface area contributed by atoms with Crippen LogP contribution < -0.4 is 5.32 Å². The Kier molecular flexibility index (Phi) is 3.08. The molecule has 1 aromatic carbocycles. The Morgan fingerprint density at radius 1 is 1.19 bits per heavy atom. The highest BCUT2D eigenvalue weighted by Crippen LogP contribution is 2.39. The first-order valence-electron chi connectivity index (χ1n) is 6.70. The van der Waals surface area contributed by atoms with Crippen molar-refractivity contribution >= 4 is 17.4 Å². The number of pyridine rings is 1. The van der Waals surface area contributed by atoms with E-state index in [-0.39, 0.29) is 6.04 Å². The standard InChI is InChI=1S/C15H13N5S/c1-2-6-14-11(4-1)13(8-21-14)19-12-5-3-7-17-15(12)20-10-16-9-18-20/h1-7,9-10,13,19H,8H2. The van der Waals surface area contributed by atoms with E-state index in [1.54, 1.807) is 17.2 Å². The van der Waals surface area contributed by atoms with Gasteiger partial charge in [0.15, 0.2) is 5.82 Å². The van der Waals surface area contributed by atoms with Crippen LogP contribution in [0.4, 0.5) is 5.69 Å². The van der Waals surface area contributed by atoms with Crippen LogP contribution in [-0.4, -0.2) is 25.5 Å². The highest BCUT2D eigenvalue weighted by Gasteiger charge is 2.23. The minimum atomic E-state index is 0.290. The van der Waals surface area contributed by atoms with Gasteiger partial charge in [0.05, 0.1) is 11.7 Å². The number of anilines is 1. The number of aromatic nitrogens is 4. The zero-order chi connectivity index (χ0) is 14.1. The number of nitrogens with zero attached hydrogens (tertiary/aromatic N) is 4. The summed E-state index contributed by atoms with van der Waals surface area (Å²) >= 11 is 1.88. The molecular weight excluding hydrogens is 282 g/mol. The van der Waals surface area contributed by atoms with Gasteiger partial charge < -0.3 is 5.32 Å². The molecule has 0 fully saturated rings. The number of hydrogen-bond acceptors (Lipinski definition) is 5. The van der Waals surface area contributed by atoms with Crippen LogP contribution in [0.1, 0.15) is 11.6 Å². The highest BCUT2D eigenvalue weighted by atomic mass is 32.2. The third-order valence-corrected chi connectivity index (χ3v) is 4.63. The Balaban J connectivity index is 1.67. The van der Waals surface area contributed by atoms with Gasteiger partial charge in [0.2, 0.25) is 0 Å². The molecule has 104 valence electrons. The molecular formula is C15H13N5S. The summed E-state index contributed by atoms with van der Waals surface area (Å²) in [5.74, 6) is 1.79. The summed E-state index contributed by atoms with van der Waals surface area (Å²) in [6.07, 6.45) is 4.93. The number of fused-ring (bicyclic) bond motifs is 1. The fourth-order valence-electron chi connectivity index (χ4n) is 2.48. The second-order valence-electron chi connectivity index (χ2n) is 4.76. The molecule has 0 saturated heterocycles. The summed E-state index contributed by atoms with van der Waals surface area (Å²) in [6.45, 7) is 0. The molecule has 4 rings (SSSR count). The van der Waals surface area contributed by atoms with Crippen molar-refractivity contribution in [3.63, 3.8) is 0 Å². The van der Waals surface area contributed by atoms with E-state index >= 15 is 0 Å². The lowest BCUT2D eigenvalue weighted by molar-refractivity contribution is 0.832. The minimum Gasteiger partial charge on any atom is -0.374 e. The van der Waals surface area contributed by atoms with Crippen LogP contribution >= 0.6 is 11.8 Å². The highest BCUT2D eigenvalue weighted by molar-refractivity contribution is 7.99. The van der Waals surface area contributed by atoms with Gasteiger partial charge in [-0.3, -0.25) is 0 Å². The molecule has 1 N–H and O–H groups in total. The third kappa shape index (κ3) is 2.27. The topological polar surface area (TPSA) is 55.6 Å². The molecule has 0 amide bonds. The summed E-state index contributed by atoms with van der Waals surface area (Å²) in [5, 5.41) is 7.75. The number of hydrogen-bond donors (Lipinski definition) is 1. The van der Waals surface area contributed by atoms with Gasteiger partial charge in [0, 0.05) is 16.8 Å². The molecule has 21 heavy (non-hydrogen) atoms. The maximum atomic E-state index is 4.41. The summed E-state index contributed by atoms with van der Waals surface area (Å²) in [7, 11) is 0. The SMILES string of the molecule is c1cnc(-n2cncn2)c(NC2CSc3ccccc32)c1. The number of thioether (sulfide) groups is 1. The quantitative estimate of drug-likeness (QED) is 0.805. The zero-order valence-electron chi connectivity index (χ0n) is 11.2. The lowest BCUT2D eigenvalue weighted by atomic mass is 10.1. The molecule has 2 aromatic heterocycles. The molecule has 3 aromatic rings. The first-order chi connectivity index (χ1) is 10.4. The van der Waals surface area contributed by atoms with Gasteiger partial charge >= 0.3 is 0 Å². The largest absolute Gasteiger partial charge is 0.374 e. The second kappa shape index (κ2) is 5.21. The van der Waals surface area contributed by atoms with Crippen LogP contribution in [0.15, 0.2) is 60.1 Å². The first-order valence-corrected chi connectivity index (χ1v) is 7.68. The molecule has 1 unspecified atom stereocenters. The van der Waals surface area contributed by atoms with E-state index in [0.717, 1.165) is 17.3 Å². The van der Waals surface area contributed by atoms with E-state index < -0.39 is 0 Å². The summed E-state index contributed by atoms with van der Waals surface area (Å²) in [6, 6.07) is 12.8. The molecule has 0 aliphatic carbocycles. The fourth-order valence-corrected chi connectivity index (χ4v) is 3.64. The second-order valence-corrected chi connectivity index (χ2v) is 5.82. The molecule has 0 spiro atoms. The maximum absolute atomic E-state index is 4.41. The molecule has 6 heteroatoms. The van der Waals surface area contributed by atoms with Crippen LogP contribution in [0.2, 0.25) is 0 Å². The predicted molar refractivity (Wildman–Crippen MR) is 82.7 cm³/mol. The molecule has 0 radical (unpaired) electrons. The van der Waals surface area contributed by atoms with Crippen molar-refractivity contribution in [2.75, 3.05) is 11.1 Å². The lowest BCUT2D eigenvalue weighted by Gasteiger charge is -2.16. The van der Waals surface area contributed by atoms with Crippen molar-refractivity contribution in [1.29, 1.82) is 0 Å². The molecule has 0 bridgehead atoms. The molecule has 1 aliphatic rings. The van der Waals surface area contributed by atoms with E-state index in [1.807, 2.05) is 23.9 Å². The van der Waals surface area contributed by atoms with Crippen molar-refractivity contribution in [3.05, 3.63) is 60.8 Å². The van der Waals surface area contributed by atoms with Gasteiger partial charge in [-0.25, -0.2) is 14.6 Å².